The van der Waals surface area contributed by atoms with E-state index in [0.29, 0.717) is 11.8 Å². The molecule has 4 nitrogen and oxygen atoms in total. The van der Waals surface area contributed by atoms with Gasteiger partial charge in [0.2, 0.25) is 0 Å². The summed E-state index contributed by atoms with van der Waals surface area (Å²) in [5.41, 5.74) is 11.3. The molecule has 0 N–H and O–H groups in total. The van der Waals surface area contributed by atoms with Crippen molar-refractivity contribution in [2.24, 2.45) is 5.92 Å². The average molecular weight is 700 g/mol. The number of nitrogens with zero attached hydrogens (tertiary/aromatic N) is 3. The van der Waals surface area contributed by atoms with Crippen LogP contribution in [0.3, 0.4) is 0 Å². The van der Waals surface area contributed by atoms with Crippen molar-refractivity contribution in [3.05, 3.63) is 201 Å². The van der Waals surface area contributed by atoms with E-state index in [1.807, 2.05) is 0 Å². The summed E-state index contributed by atoms with van der Waals surface area (Å²) in [5, 5.41) is 2.26. The zero-order chi connectivity index (χ0) is 35.6. The lowest BCUT2D eigenvalue weighted by Gasteiger charge is -2.33. The quantitative estimate of drug-likeness (QED) is 0.208. The summed E-state index contributed by atoms with van der Waals surface area (Å²) in [5.74, 6) is 4.12. The number of allylic oxidation sites excluding steroid dienone is 13. The maximum Gasteiger partial charge on any atom is 0.136 e. The Balaban J connectivity index is 0.828. The average Bonchev–Trinajstić information content (AvgIpc) is 3.79. The third-order valence-corrected chi connectivity index (χ3v) is 12.3. The Bertz CT molecular complexity index is 2600. The van der Waals surface area contributed by atoms with Crippen LogP contribution in [0.4, 0.5) is 5.69 Å². The maximum absolute atomic E-state index is 6.51. The molecule has 0 saturated heterocycles. The van der Waals surface area contributed by atoms with Gasteiger partial charge in [0.1, 0.15) is 17.3 Å². The summed E-state index contributed by atoms with van der Waals surface area (Å²) in [6.45, 7) is 0. The summed E-state index contributed by atoms with van der Waals surface area (Å²) in [6.07, 6.45) is 35.7. The van der Waals surface area contributed by atoms with Gasteiger partial charge in [-0.15, -0.1) is 0 Å². The molecule has 262 valence electrons. The topological polar surface area (TPSA) is 38.2 Å². The van der Waals surface area contributed by atoms with Crippen molar-refractivity contribution in [3.63, 3.8) is 0 Å². The first kappa shape index (κ1) is 31.5. The predicted octanol–water partition coefficient (Wildman–Crippen LogP) is 9.79. The lowest BCUT2D eigenvalue weighted by atomic mass is 9.82. The van der Waals surface area contributed by atoms with Crippen molar-refractivity contribution >= 4 is 17.8 Å². The summed E-state index contributed by atoms with van der Waals surface area (Å²) < 4.78 is 6.51. The van der Waals surface area contributed by atoms with Crippen molar-refractivity contribution < 1.29 is 4.74 Å². The third kappa shape index (κ3) is 5.19. The largest absolute Gasteiger partial charge is 0.460 e. The van der Waals surface area contributed by atoms with Gasteiger partial charge in [-0.3, -0.25) is 0 Å². The molecule has 0 radical (unpaired) electrons. The third-order valence-electron chi connectivity index (χ3n) is 12.3. The molecular weight excluding hydrogens is 659 g/mol. The Morgan fingerprint density at radius 1 is 0.667 bits per heavy atom. The van der Waals surface area contributed by atoms with Gasteiger partial charge < -0.3 is 9.64 Å². The zero-order valence-electron chi connectivity index (χ0n) is 30.2. The molecule has 5 atom stereocenters. The predicted molar refractivity (Wildman–Crippen MR) is 218 cm³/mol. The Morgan fingerprint density at radius 3 is 2.35 bits per heavy atom. The van der Waals surface area contributed by atoms with Crippen LogP contribution in [0.1, 0.15) is 66.8 Å². The van der Waals surface area contributed by atoms with E-state index in [2.05, 4.69) is 163 Å². The minimum absolute atomic E-state index is 0.173. The van der Waals surface area contributed by atoms with Gasteiger partial charge in [0, 0.05) is 57.0 Å². The molecule has 0 fully saturated rings. The maximum atomic E-state index is 6.51. The molecule has 0 bridgehead atoms. The molecular formula is C50H41N3O. The number of fused-ring (bicyclic) bond motifs is 7. The number of anilines is 1. The summed E-state index contributed by atoms with van der Waals surface area (Å²) in [6, 6.07) is 28.3. The first-order chi connectivity index (χ1) is 26.8. The number of hydrogen-bond donors (Lipinski definition) is 0. The highest BCUT2D eigenvalue weighted by atomic mass is 16.5. The lowest BCUT2D eigenvalue weighted by Crippen LogP contribution is -2.35. The first-order valence-corrected chi connectivity index (χ1v) is 19.6. The summed E-state index contributed by atoms with van der Waals surface area (Å²) in [4.78, 5) is 12.8. The second-order valence-corrected chi connectivity index (χ2v) is 15.4. The molecule has 7 aliphatic rings. The molecule has 5 aliphatic carbocycles. The normalized spacial score (nSPS) is 25.6. The van der Waals surface area contributed by atoms with E-state index in [4.69, 9.17) is 14.7 Å². The van der Waals surface area contributed by atoms with Gasteiger partial charge in [0.25, 0.3) is 0 Å². The van der Waals surface area contributed by atoms with E-state index in [-0.39, 0.29) is 17.9 Å². The van der Waals surface area contributed by atoms with Gasteiger partial charge in [-0.1, -0.05) is 140 Å². The second-order valence-electron chi connectivity index (χ2n) is 15.4. The van der Waals surface area contributed by atoms with Gasteiger partial charge in [-0.2, -0.15) is 0 Å². The second kappa shape index (κ2) is 12.8. The SMILES string of the molecule is C1=CC(C2=CC3c4ccccc4N(C4=CCC(C5=CCC(c6nc(-c7ccccc7)c7c(n6)=CCCC=7)C=C5)C=C4)C3C=C2)=C2Oc3ccccc3C2C1. The van der Waals surface area contributed by atoms with E-state index < -0.39 is 0 Å². The van der Waals surface area contributed by atoms with Gasteiger partial charge in [0.15, 0.2) is 0 Å². The van der Waals surface area contributed by atoms with Crippen LogP contribution < -0.4 is 20.2 Å². The van der Waals surface area contributed by atoms with Crippen LogP contribution in [0.25, 0.3) is 23.4 Å². The summed E-state index contributed by atoms with van der Waals surface area (Å²) >= 11 is 0. The van der Waals surface area contributed by atoms with Gasteiger partial charge >= 0.3 is 0 Å². The number of para-hydroxylation sites is 2. The van der Waals surface area contributed by atoms with Crippen molar-refractivity contribution in [2.45, 2.75) is 55.9 Å². The molecule has 0 amide bonds. The molecule has 4 heteroatoms. The fraction of sp³-hybridized carbons (Fsp3) is 0.200. The molecule has 1 aromatic heterocycles. The highest BCUT2D eigenvalue weighted by Gasteiger charge is 2.40. The number of rotatable bonds is 5. The minimum atomic E-state index is 0.173. The first-order valence-electron chi connectivity index (χ1n) is 19.6. The van der Waals surface area contributed by atoms with E-state index in [9.17, 15) is 0 Å². The molecule has 54 heavy (non-hydrogen) atoms. The van der Waals surface area contributed by atoms with Gasteiger partial charge in [-0.25, -0.2) is 9.97 Å². The molecule has 4 aromatic rings. The lowest BCUT2D eigenvalue weighted by molar-refractivity contribution is 0.420. The van der Waals surface area contributed by atoms with Crippen LogP contribution in [-0.4, -0.2) is 16.0 Å². The van der Waals surface area contributed by atoms with Crippen molar-refractivity contribution in [2.75, 3.05) is 4.90 Å². The van der Waals surface area contributed by atoms with Crippen molar-refractivity contribution in [1.82, 2.24) is 9.97 Å². The Hall–Kier alpha value is -6.00. The number of ether oxygens (including phenoxy) is 1. The molecule has 5 unspecified atom stereocenters. The molecule has 0 spiro atoms. The molecule has 0 saturated carbocycles. The Kier molecular flexibility index (Phi) is 7.50. The number of benzene rings is 3. The fourth-order valence-electron chi connectivity index (χ4n) is 9.57. The van der Waals surface area contributed by atoms with Crippen molar-refractivity contribution in [3.8, 4) is 17.0 Å². The van der Waals surface area contributed by atoms with E-state index in [0.717, 1.165) is 66.0 Å². The van der Waals surface area contributed by atoms with Crippen LogP contribution in [0.5, 0.6) is 5.75 Å². The molecule has 3 aromatic carbocycles. The van der Waals surface area contributed by atoms with Crippen LogP contribution in [0.15, 0.2) is 174 Å². The Morgan fingerprint density at radius 2 is 1.48 bits per heavy atom. The number of aromatic nitrogens is 2. The summed E-state index contributed by atoms with van der Waals surface area (Å²) in [7, 11) is 0. The zero-order valence-corrected chi connectivity index (χ0v) is 30.2. The monoisotopic (exact) mass is 699 g/mol. The number of hydrogen-bond acceptors (Lipinski definition) is 4. The van der Waals surface area contributed by atoms with Gasteiger partial charge in [0.05, 0.1) is 17.1 Å². The Labute approximate surface area is 316 Å². The van der Waals surface area contributed by atoms with E-state index >= 15 is 0 Å². The van der Waals surface area contributed by atoms with E-state index in [1.165, 1.54) is 44.4 Å². The minimum Gasteiger partial charge on any atom is -0.460 e. The standard InChI is InChI=1S/C50H41N3O/c1-2-11-34(12-3-1)48-42-15-4-7-18-44(42)51-50(52-48)35-23-21-32(22-24-35)33-25-28-37(29-26-33)53-45-19-8-5-13-39(45)43-31-36(27-30-46(43)53)38-16-10-17-41-40-14-6-9-20-47(40)54-49(38)41/h1-3,5-6,8-16,18-23,25,27-31,33,35,41,43,46H,4,7,17,24,26H2. The highest BCUT2D eigenvalue weighted by Crippen LogP contribution is 2.51. The fourth-order valence-corrected chi connectivity index (χ4v) is 9.57. The van der Waals surface area contributed by atoms with Crippen LogP contribution in [0, 0.1) is 5.92 Å². The van der Waals surface area contributed by atoms with Gasteiger partial charge in [-0.05, 0) is 67.0 Å². The molecule has 3 heterocycles. The molecule has 11 rings (SSSR count). The smallest absolute Gasteiger partial charge is 0.136 e. The van der Waals surface area contributed by atoms with E-state index in [1.54, 1.807) is 0 Å². The van der Waals surface area contributed by atoms with Crippen LogP contribution >= 0.6 is 0 Å². The van der Waals surface area contributed by atoms with Crippen LogP contribution in [-0.2, 0) is 0 Å². The molecule has 2 aliphatic heterocycles. The van der Waals surface area contributed by atoms with Crippen LogP contribution in [0.2, 0.25) is 0 Å². The van der Waals surface area contributed by atoms with Crippen molar-refractivity contribution in [1.29, 1.82) is 0 Å². The highest BCUT2D eigenvalue weighted by molar-refractivity contribution is 5.72.